The van der Waals surface area contributed by atoms with Gasteiger partial charge in [-0.15, -0.1) is 0 Å². The number of benzene rings is 2. The van der Waals surface area contributed by atoms with Gasteiger partial charge < -0.3 is 23.7 Å². The van der Waals surface area contributed by atoms with E-state index in [1.807, 2.05) is 0 Å². The number of aryl methyl sites for hydroxylation is 1. The predicted molar refractivity (Wildman–Crippen MR) is 128 cm³/mol. The first-order chi connectivity index (χ1) is 15.5. The van der Waals surface area contributed by atoms with Crippen molar-refractivity contribution in [2.75, 3.05) is 46.9 Å². The van der Waals surface area contributed by atoms with Gasteiger partial charge in [0.2, 0.25) is 5.75 Å². The van der Waals surface area contributed by atoms with Gasteiger partial charge in [0.05, 0.1) is 27.4 Å². The van der Waals surface area contributed by atoms with Crippen molar-refractivity contribution in [3.63, 3.8) is 0 Å². The van der Waals surface area contributed by atoms with Crippen LogP contribution in [0.25, 0.3) is 0 Å². The summed E-state index contributed by atoms with van der Waals surface area (Å²) >= 11 is 0. The smallest absolute Gasteiger partial charge is 0.203 e. The second-order valence-electron chi connectivity index (χ2n) is 8.37. The molecule has 0 fully saturated rings. The number of rotatable bonds is 7. The van der Waals surface area contributed by atoms with Crippen LogP contribution in [0.1, 0.15) is 29.3 Å². The molecule has 6 nitrogen and oxygen atoms in total. The van der Waals surface area contributed by atoms with E-state index >= 15 is 0 Å². The molecule has 6 heteroatoms. The maximum atomic E-state index is 5.67. The maximum Gasteiger partial charge on any atom is 0.203 e. The fraction of sp³-hybridized carbons (Fsp3) is 0.385. The Hall–Kier alpha value is -3.12. The van der Waals surface area contributed by atoms with Crippen LogP contribution in [-0.2, 0) is 13.1 Å². The van der Waals surface area contributed by atoms with Crippen molar-refractivity contribution in [1.82, 2.24) is 9.47 Å². The van der Waals surface area contributed by atoms with Gasteiger partial charge in [-0.2, -0.15) is 0 Å². The van der Waals surface area contributed by atoms with Gasteiger partial charge in [-0.25, -0.2) is 0 Å². The average molecular weight is 436 g/mol. The minimum atomic E-state index is 0.0785. The molecule has 1 aliphatic heterocycles. The zero-order valence-corrected chi connectivity index (χ0v) is 19.7. The summed E-state index contributed by atoms with van der Waals surface area (Å²) in [6, 6.07) is 17.4. The Morgan fingerprint density at radius 2 is 1.59 bits per heavy atom. The second-order valence-corrected chi connectivity index (χ2v) is 8.37. The topological polar surface area (TPSA) is 39.1 Å². The quantitative estimate of drug-likeness (QED) is 0.543. The van der Waals surface area contributed by atoms with Crippen molar-refractivity contribution in [2.24, 2.45) is 0 Å². The highest BCUT2D eigenvalue weighted by Gasteiger charge is 2.29. The molecule has 0 saturated heterocycles. The van der Waals surface area contributed by atoms with Gasteiger partial charge in [-0.1, -0.05) is 12.1 Å². The average Bonchev–Trinajstić information content (AvgIpc) is 3.19. The first-order valence-corrected chi connectivity index (χ1v) is 11.0. The first-order valence-electron chi connectivity index (χ1n) is 11.0. The lowest BCUT2D eigenvalue weighted by molar-refractivity contribution is 0.219. The molecule has 0 aliphatic carbocycles. The molecule has 0 saturated carbocycles. The third-order valence-electron chi connectivity index (χ3n) is 6.20. The van der Waals surface area contributed by atoms with Crippen molar-refractivity contribution < 1.29 is 14.2 Å². The standard InChI is InChI=1S/C26H33N3O3/c1-27(2)21-11-9-19(10-12-21)18-29-15-7-14-28-13-6-8-22(28)25(29)20-16-23(30-3)26(32-5)24(17-20)31-4/h6,8-13,16-17,25H,7,14-15,18H2,1-5H3/t25-/m0/s1. The summed E-state index contributed by atoms with van der Waals surface area (Å²) in [5.74, 6) is 1.98. The molecule has 0 unspecified atom stereocenters. The Bertz CT molecular complexity index is 1020. The van der Waals surface area contributed by atoms with Crippen LogP contribution >= 0.6 is 0 Å². The number of methoxy groups -OCH3 is 3. The third kappa shape index (κ3) is 4.28. The van der Waals surface area contributed by atoms with E-state index in [9.17, 15) is 0 Å². The van der Waals surface area contributed by atoms with E-state index in [2.05, 4.69) is 83.2 Å². The molecule has 1 atom stereocenters. The van der Waals surface area contributed by atoms with E-state index in [1.165, 1.54) is 16.9 Å². The van der Waals surface area contributed by atoms with E-state index in [-0.39, 0.29) is 6.04 Å². The van der Waals surface area contributed by atoms with Crippen LogP contribution in [0.2, 0.25) is 0 Å². The predicted octanol–water partition coefficient (Wildman–Crippen LogP) is 4.58. The van der Waals surface area contributed by atoms with E-state index in [4.69, 9.17) is 14.2 Å². The van der Waals surface area contributed by atoms with Gasteiger partial charge in [0.25, 0.3) is 0 Å². The molecule has 1 aliphatic rings. The maximum absolute atomic E-state index is 5.67. The minimum Gasteiger partial charge on any atom is -0.493 e. The Morgan fingerprint density at radius 1 is 0.906 bits per heavy atom. The van der Waals surface area contributed by atoms with Crippen molar-refractivity contribution >= 4 is 5.69 Å². The van der Waals surface area contributed by atoms with E-state index in [0.29, 0.717) is 17.2 Å². The summed E-state index contributed by atoms with van der Waals surface area (Å²) < 4.78 is 19.3. The lowest BCUT2D eigenvalue weighted by Gasteiger charge is -2.31. The molecule has 0 radical (unpaired) electrons. The number of hydrogen-bond acceptors (Lipinski definition) is 5. The van der Waals surface area contributed by atoms with Gasteiger partial charge in [-0.05, 0) is 53.9 Å². The molecular formula is C26H33N3O3. The zero-order valence-electron chi connectivity index (χ0n) is 19.7. The van der Waals surface area contributed by atoms with E-state index in [1.54, 1.807) is 21.3 Å². The highest BCUT2D eigenvalue weighted by molar-refractivity contribution is 5.55. The van der Waals surface area contributed by atoms with Crippen LogP contribution in [0.3, 0.4) is 0 Å². The summed E-state index contributed by atoms with van der Waals surface area (Å²) in [5, 5.41) is 0. The van der Waals surface area contributed by atoms with Gasteiger partial charge >= 0.3 is 0 Å². The highest BCUT2D eigenvalue weighted by atomic mass is 16.5. The lowest BCUT2D eigenvalue weighted by atomic mass is 9.99. The fourth-order valence-corrected chi connectivity index (χ4v) is 4.58. The van der Waals surface area contributed by atoms with Crippen LogP contribution < -0.4 is 19.1 Å². The van der Waals surface area contributed by atoms with E-state index < -0.39 is 0 Å². The minimum absolute atomic E-state index is 0.0785. The first kappa shape index (κ1) is 22.1. The third-order valence-corrected chi connectivity index (χ3v) is 6.20. The lowest BCUT2D eigenvalue weighted by Crippen LogP contribution is -2.29. The number of aromatic nitrogens is 1. The zero-order chi connectivity index (χ0) is 22.7. The van der Waals surface area contributed by atoms with Crippen LogP contribution in [-0.4, -0.2) is 51.4 Å². The molecule has 2 heterocycles. The van der Waals surface area contributed by atoms with Crippen molar-refractivity contribution in [2.45, 2.75) is 25.6 Å². The fourth-order valence-electron chi connectivity index (χ4n) is 4.58. The van der Waals surface area contributed by atoms with Crippen LogP contribution in [0, 0.1) is 0 Å². The summed E-state index contributed by atoms with van der Waals surface area (Å²) in [7, 11) is 9.11. The molecule has 3 aromatic rings. The van der Waals surface area contributed by atoms with Gasteiger partial charge in [0.15, 0.2) is 11.5 Å². The number of nitrogens with zero attached hydrogens (tertiary/aromatic N) is 3. The van der Waals surface area contributed by atoms with Crippen molar-refractivity contribution in [3.05, 3.63) is 71.5 Å². The molecule has 0 N–H and O–H groups in total. The Labute approximate surface area is 190 Å². The normalized spacial score (nSPS) is 16.2. The molecule has 170 valence electrons. The summed E-state index contributed by atoms with van der Waals surface area (Å²) in [5.41, 5.74) is 4.92. The SMILES string of the molecule is COc1cc([C@H]2c3cccn3CCCN2Cc2ccc(N(C)C)cc2)cc(OC)c1OC. The number of anilines is 1. The molecule has 0 bridgehead atoms. The Kier molecular flexibility index (Phi) is 6.61. The molecular weight excluding hydrogens is 402 g/mol. The van der Waals surface area contributed by atoms with Crippen molar-refractivity contribution in [1.29, 1.82) is 0 Å². The second kappa shape index (κ2) is 9.57. The monoisotopic (exact) mass is 435 g/mol. The number of ether oxygens (including phenoxy) is 3. The molecule has 4 rings (SSSR count). The van der Waals surface area contributed by atoms with Gasteiger partial charge in [-0.3, -0.25) is 4.90 Å². The summed E-state index contributed by atoms with van der Waals surface area (Å²) in [6.07, 6.45) is 3.27. The molecule has 0 amide bonds. The largest absolute Gasteiger partial charge is 0.493 e. The Balaban J connectivity index is 1.76. The molecule has 1 aromatic heterocycles. The van der Waals surface area contributed by atoms with Gasteiger partial charge in [0, 0.05) is 51.3 Å². The summed E-state index contributed by atoms with van der Waals surface area (Å²) in [4.78, 5) is 4.67. The molecule has 0 spiro atoms. The van der Waals surface area contributed by atoms with Crippen LogP contribution in [0.5, 0.6) is 17.2 Å². The molecule has 32 heavy (non-hydrogen) atoms. The Morgan fingerprint density at radius 3 is 2.19 bits per heavy atom. The van der Waals surface area contributed by atoms with E-state index in [0.717, 1.165) is 31.6 Å². The van der Waals surface area contributed by atoms with Crippen LogP contribution in [0.15, 0.2) is 54.7 Å². The summed E-state index contributed by atoms with van der Waals surface area (Å²) in [6.45, 7) is 2.87. The molecule has 2 aromatic carbocycles. The van der Waals surface area contributed by atoms with Crippen molar-refractivity contribution in [3.8, 4) is 17.2 Å². The van der Waals surface area contributed by atoms with Gasteiger partial charge in [0.1, 0.15) is 0 Å². The number of fused-ring (bicyclic) bond motifs is 1. The number of hydrogen-bond donors (Lipinski definition) is 0. The van der Waals surface area contributed by atoms with Crippen LogP contribution in [0.4, 0.5) is 5.69 Å². The highest BCUT2D eigenvalue weighted by Crippen LogP contribution is 2.43.